The van der Waals surface area contributed by atoms with Crippen molar-refractivity contribution in [2.24, 2.45) is 0 Å². The van der Waals surface area contributed by atoms with Crippen molar-refractivity contribution in [1.29, 1.82) is 0 Å². The number of rotatable bonds is 2. The molecule has 6 nitrogen and oxygen atoms in total. The van der Waals surface area contributed by atoms with E-state index in [1.54, 1.807) is 30.3 Å². The van der Waals surface area contributed by atoms with E-state index in [2.05, 4.69) is 19.8 Å². The fourth-order valence-corrected chi connectivity index (χ4v) is 4.95. The normalized spacial score (nSPS) is 21.1. The molecule has 0 saturated carbocycles. The number of fused-ring (bicyclic) bond motifs is 2. The summed E-state index contributed by atoms with van der Waals surface area (Å²) in [5.74, 6) is 0.734. The van der Waals surface area contributed by atoms with Crippen LogP contribution in [0.5, 0.6) is 0 Å². The monoisotopic (exact) mass is 330 g/mol. The number of sulfone groups is 1. The first kappa shape index (κ1) is 14.6. The molecule has 120 valence electrons. The molecule has 0 radical (unpaired) electrons. The second kappa shape index (κ2) is 5.28. The highest BCUT2D eigenvalue weighted by molar-refractivity contribution is 7.91. The summed E-state index contributed by atoms with van der Waals surface area (Å²) in [5, 5.41) is 0.130. The highest BCUT2D eigenvalue weighted by Gasteiger charge is 2.38. The Kier molecular flexibility index (Phi) is 3.35. The summed E-state index contributed by atoms with van der Waals surface area (Å²) >= 11 is 0. The zero-order valence-corrected chi connectivity index (χ0v) is 13.7. The summed E-state index contributed by atoms with van der Waals surface area (Å²) in [6, 6.07) is 8.47. The van der Waals surface area contributed by atoms with E-state index in [4.69, 9.17) is 0 Å². The van der Waals surface area contributed by atoms with E-state index in [-0.39, 0.29) is 9.92 Å². The van der Waals surface area contributed by atoms with E-state index in [1.807, 2.05) is 7.05 Å². The number of hydrogen-bond donors (Lipinski definition) is 0. The third-order valence-corrected chi connectivity index (χ3v) is 6.42. The minimum Gasteiger partial charge on any atom is -0.344 e. The van der Waals surface area contributed by atoms with Crippen molar-refractivity contribution in [3.05, 3.63) is 42.2 Å². The molecule has 1 aromatic carbocycles. The molecule has 1 atom stereocenters. The van der Waals surface area contributed by atoms with Crippen molar-refractivity contribution >= 4 is 15.7 Å². The van der Waals surface area contributed by atoms with E-state index in [0.29, 0.717) is 18.3 Å². The Morgan fingerprint density at radius 2 is 1.96 bits per heavy atom. The summed E-state index contributed by atoms with van der Waals surface area (Å²) in [6.07, 6.45) is 3.87. The molecule has 0 aliphatic carbocycles. The maximum Gasteiger partial charge on any atom is 0.224 e. The van der Waals surface area contributed by atoms with Gasteiger partial charge in [0.05, 0.1) is 11.1 Å². The van der Waals surface area contributed by atoms with Crippen LogP contribution < -0.4 is 4.90 Å². The molecule has 0 N–H and O–H groups in total. The van der Waals surface area contributed by atoms with Gasteiger partial charge in [0.15, 0.2) is 5.03 Å². The van der Waals surface area contributed by atoms with Gasteiger partial charge < -0.3 is 4.90 Å². The average Bonchev–Trinajstić information content (AvgIpc) is 3.04. The van der Waals surface area contributed by atoms with Crippen molar-refractivity contribution in [3.8, 4) is 0 Å². The summed E-state index contributed by atoms with van der Waals surface area (Å²) < 4.78 is 26.0. The molecular formula is C16H18N4O2S. The van der Waals surface area contributed by atoms with Crippen LogP contribution in [0.3, 0.4) is 0 Å². The first-order valence-electron chi connectivity index (χ1n) is 7.70. The van der Waals surface area contributed by atoms with Gasteiger partial charge in [0, 0.05) is 25.7 Å². The maximum absolute atomic E-state index is 13.0. The lowest BCUT2D eigenvalue weighted by molar-refractivity contribution is 0.225. The Morgan fingerprint density at radius 1 is 1.17 bits per heavy atom. The van der Waals surface area contributed by atoms with Crippen LogP contribution in [-0.2, 0) is 16.4 Å². The van der Waals surface area contributed by atoms with E-state index in [9.17, 15) is 8.42 Å². The van der Waals surface area contributed by atoms with Crippen LogP contribution in [0, 0.1) is 0 Å². The number of benzene rings is 1. The topological polar surface area (TPSA) is 66.4 Å². The highest BCUT2D eigenvalue weighted by Crippen LogP contribution is 2.36. The molecule has 2 aromatic rings. The van der Waals surface area contributed by atoms with Crippen molar-refractivity contribution in [1.82, 2.24) is 14.9 Å². The molecule has 0 bridgehead atoms. The van der Waals surface area contributed by atoms with E-state index in [0.717, 1.165) is 25.2 Å². The Morgan fingerprint density at radius 3 is 2.74 bits per heavy atom. The molecule has 23 heavy (non-hydrogen) atoms. The van der Waals surface area contributed by atoms with Crippen LogP contribution in [0.15, 0.2) is 46.6 Å². The van der Waals surface area contributed by atoms with Crippen LogP contribution in [0.25, 0.3) is 0 Å². The van der Waals surface area contributed by atoms with Crippen LogP contribution in [0.2, 0.25) is 0 Å². The fraction of sp³-hybridized carbons (Fsp3) is 0.375. The average molecular weight is 330 g/mol. The van der Waals surface area contributed by atoms with Gasteiger partial charge in [0.25, 0.3) is 0 Å². The lowest BCUT2D eigenvalue weighted by Crippen LogP contribution is -2.47. The quantitative estimate of drug-likeness (QED) is 0.781. The summed E-state index contributed by atoms with van der Waals surface area (Å²) in [5.41, 5.74) is 0.706. The molecule has 0 amide bonds. The van der Waals surface area contributed by atoms with Gasteiger partial charge in [0.2, 0.25) is 9.84 Å². The van der Waals surface area contributed by atoms with Crippen molar-refractivity contribution < 1.29 is 8.42 Å². The molecule has 7 heteroatoms. The van der Waals surface area contributed by atoms with Crippen LogP contribution >= 0.6 is 0 Å². The fourth-order valence-electron chi connectivity index (χ4n) is 3.55. The zero-order valence-electron chi connectivity index (χ0n) is 12.9. The van der Waals surface area contributed by atoms with E-state index >= 15 is 0 Å². The number of aromatic nitrogens is 2. The lowest BCUT2D eigenvalue weighted by atomic mass is 10.2. The van der Waals surface area contributed by atoms with E-state index < -0.39 is 9.84 Å². The lowest BCUT2D eigenvalue weighted by Gasteiger charge is -2.39. The van der Waals surface area contributed by atoms with Crippen molar-refractivity contribution in [3.63, 3.8) is 0 Å². The second-order valence-electron chi connectivity index (χ2n) is 6.00. The third kappa shape index (κ3) is 2.22. The predicted molar refractivity (Wildman–Crippen MR) is 85.8 cm³/mol. The highest BCUT2D eigenvalue weighted by atomic mass is 32.2. The molecule has 1 aromatic heterocycles. The Balaban J connectivity index is 1.86. The predicted octanol–water partition coefficient (Wildman–Crippen LogP) is 1.68. The SMILES string of the molecule is CN1c2ncnc(S(=O)(=O)c3ccccc3)c2CN2CCCC21. The van der Waals surface area contributed by atoms with Gasteiger partial charge >= 0.3 is 0 Å². The van der Waals surface area contributed by atoms with Crippen LogP contribution in [-0.4, -0.2) is 43.0 Å². The standard InChI is InChI=1S/C16H18N4O2S/c1-19-14-8-5-9-20(14)10-13-15(19)17-11-18-16(13)23(21,22)12-6-3-2-4-7-12/h2-4,6-7,11,14H,5,8-10H2,1H3. The van der Waals surface area contributed by atoms with Crippen LogP contribution in [0.4, 0.5) is 5.82 Å². The molecular weight excluding hydrogens is 312 g/mol. The van der Waals surface area contributed by atoms with Crippen LogP contribution in [0.1, 0.15) is 18.4 Å². The van der Waals surface area contributed by atoms with Gasteiger partial charge in [-0.05, 0) is 25.0 Å². The second-order valence-corrected chi connectivity index (χ2v) is 7.87. The molecule has 1 unspecified atom stereocenters. The first-order valence-corrected chi connectivity index (χ1v) is 9.18. The van der Waals surface area contributed by atoms with Gasteiger partial charge in [0.1, 0.15) is 12.1 Å². The molecule has 4 rings (SSSR count). The zero-order chi connectivity index (χ0) is 16.0. The van der Waals surface area contributed by atoms with Crippen molar-refractivity contribution in [2.45, 2.75) is 35.5 Å². The molecule has 1 saturated heterocycles. The van der Waals surface area contributed by atoms with Gasteiger partial charge in [-0.1, -0.05) is 18.2 Å². The molecule has 2 aliphatic heterocycles. The first-order chi connectivity index (χ1) is 11.1. The number of hydrogen-bond acceptors (Lipinski definition) is 6. The molecule has 1 fully saturated rings. The van der Waals surface area contributed by atoms with Gasteiger partial charge in [-0.15, -0.1) is 0 Å². The summed E-state index contributed by atoms with van der Waals surface area (Å²) in [7, 11) is -1.66. The van der Waals surface area contributed by atoms with Crippen molar-refractivity contribution in [2.75, 3.05) is 18.5 Å². The largest absolute Gasteiger partial charge is 0.344 e. The third-order valence-electron chi connectivity index (χ3n) is 4.66. The summed E-state index contributed by atoms with van der Waals surface area (Å²) in [4.78, 5) is 13.1. The Hall–Kier alpha value is -1.99. The molecule has 0 spiro atoms. The van der Waals surface area contributed by atoms with Gasteiger partial charge in [-0.2, -0.15) is 0 Å². The molecule has 2 aliphatic rings. The van der Waals surface area contributed by atoms with Gasteiger partial charge in [-0.3, -0.25) is 4.90 Å². The summed E-state index contributed by atoms with van der Waals surface area (Å²) in [6.45, 7) is 1.57. The van der Waals surface area contributed by atoms with E-state index in [1.165, 1.54) is 6.33 Å². The number of nitrogens with zero attached hydrogens (tertiary/aromatic N) is 4. The number of anilines is 1. The Labute approximate surface area is 135 Å². The smallest absolute Gasteiger partial charge is 0.224 e. The maximum atomic E-state index is 13.0. The Bertz CT molecular complexity index is 838. The minimum absolute atomic E-state index is 0.130. The molecule has 3 heterocycles. The van der Waals surface area contributed by atoms with Gasteiger partial charge in [-0.25, -0.2) is 18.4 Å². The minimum atomic E-state index is -3.64.